The molecular formula is C11H13ClF3NO2. The molecule has 0 spiro atoms. The van der Waals surface area contributed by atoms with Crippen molar-refractivity contribution in [3.05, 3.63) is 35.4 Å². The molecule has 0 bridgehead atoms. The molecule has 18 heavy (non-hydrogen) atoms. The third-order valence-electron chi connectivity index (χ3n) is 2.17. The molecule has 7 heteroatoms. The maximum absolute atomic E-state index is 13.5. The number of carbonyl (C=O) groups is 1. The summed E-state index contributed by atoms with van der Waals surface area (Å²) >= 11 is 0. The summed E-state index contributed by atoms with van der Waals surface area (Å²) in [7, 11) is 0. The van der Waals surface area contributed by atoms with Crippen LogP contribution < -0.4 is 5.73 Å². The summed E-state index contributed by atoms with van der Waals surface area (Å²) in [4.78, 5) is 11.1. The first-order valence-corrected chi connectivity index (χ1v) is 4.99. The molecule has 3 nitrogen and oxygen atoms in total. The summed E-state index contributed by atoms with van der Waals surface area (Å²) in [6.45, 7) is 1.48. The summed E-state index contributed by atoms with van der Waals surface area (Å²) in [5.74, 6) is -3.59. The molecule has 0 fully saturated rings. The molecule has 0 heterocycles. The number of hydrogen-bond donors (Lipinski definition) is 1. The highest BCUT2D eigenvalue weighted by Gasteiger charge is 2.30. The summed E-state index contributed by atoms with van der Waals surface area (Å²) < 4.78 is 44.1. The summed E-state index contributed by atoms with van der Waals surface area (Å²) in [5.41, 5.74) is 4.96. The van der Waals surface area contributed by atoms with Crippen LogP contribution in [-0.2, 0) is 9.53 Å². The first kappa shape index (κ1) is 16.7. The van der Waals surface area contributed by atoms with Crippen LogP contribution >= 0.6 is 12.4 Å². The van der Waals surface area contributed by atoms with Crippen LogP contribution in [0.15, 0.2) is 18.2 Å². The van der Waals surface area contributed by atoms with Crippen LogP contribution in [0.2, 0.25) is 0 Å². The van der Waals surface area contributed by atoms with Crippen LogP contribution in [0.5, 0.6) is 0 Å². The number of halogens is 4. The lowest BCUT2D eigenvalue weighted by molar-refractivity contribution is -0.150. The van der Waals surface area contributed by atoms with Crippen molar-refractivity contribution in [2.45, 2.75) is 19.1 Å². The lowest BCUT2D eigenvalue weighted by Crippen LogP contribution is -2.32. The second-order valence-corrected chi connectivity index (χ2v) is 3.32. The number of nitrogens with two attached hydrogens (primary N) is 1. The van der Waals surface area contributed by atoms with E-state index in [-0.39, 0.29) is 19.0 Å². The van der Waals surface area contributed by atoms with E-state index in [1.54, 1.807) is 0 Å². The zero-order valence-electron chi connectivity index (χ0n) is 9.53. The lowest BCUT2D eigenvalue weighted by atomic mass is 10.0. The second kappa shape index (κ2) is 7.23. The van der Waals surface area contributed by atoms with Crippen LogP contribution in [-0.4, -0.2) is 18.7 Å². The van der Waals surface area contributed by atoms with E-state index in [4.69, 9.17) is 5.73 Å². The predicted octanol–water partition coefficient (Wildman–Crippen LogP) is 2.29. The van der Waals surface area contributed by atoms with Gasteiger partial charge in [-0.3, -0.25) is 0 Å². The molecule has 1 unspecified atom stereocenters. The maximum atomic E-state index is 13.5. The van der Waals surface area contributed by atoms with E-state index in [2.05, 4.69) is 4.74 Å². The first-order valence-electron chi connectivity index (χ1n) is 4.99. The maximum Gasteiger partial charge on any atom is 0.342 e. The Morgan fingerprint density at radius 3 is 2.61 bits per heavy atom. The van der Waals surface area contributed by atoms with E-state index in [9.17, 15) is 18.0 Å². The summed E-state index contributed by atoms with van der Waals surface area (Å²) in [6, 6.07) is 1.59. The van der Waals surface area contributed by atoms with Gasteiger partial charge in [0.1, 0.15) is 0 Å². The number of rotatable bonds is 4. The largest absolute Gasteiger partial charge is 0.464 e. The van der Waals surface area contributed by atoms with Crippen molar-refractivity contribution in [3.8, 4) is 0 Å². The molecule has 0 aliphatic rings. The molecule has 102 valence electrons. The van der Waals surface area contributed by atoms with Crippen LogP contribution in [0.4, 0.5) is 13.2 Å². The highest BCUT2D eigenvalue weighted by Crippen LogP contribution is 2.22. The fourth-order valence-corrected chi connectivity index (χ4v) is 1.30. The van der Waals surface area contributed by atoms with Gasteiger partial charge in [0.25, 0.3) is 0 Å². The van der Waals surface area contributed by atoms with Crippen molar-refractivity contribution < 1.29 is 22.7 Å². The molecule has 2 atom stereocenters. The van der Waals surface area contributed by atoms with Crippen molar-refractivity contribution in [2.24, 2.45) is 5.73 Å². The van der Waals surface area contributed by atoms with Crippen molar-refractivity contribution in [2.75, 3.05) is 6.61 Å². The van der Waals surface area contributed by atoms with Crippen molar-refractivity contribution >= 4 is 18.4 Å². The fourth-order valence-electron chi connectivity index (χ4n) is 1.30. The van der Waals surface area contributed by atoms with Crippen LogP contribution in [0.25, 0.3) is 0 Å². The summed E-state index contributed by atoms with van der Waals surface area (Å²) in [6.07, 6.45) is -2.23. The Labute approximate surface area is 109 Å². The molecule has 0 saturated heterocycles. The molecule has 1 aromatic rings. The van der Waals surface area contributed by atoms with Crippen molar-refractivity contribution in [1.82, 2.24) is 0 Å². The van der Waals surface area contributed by atoms with Gasteiger partial charge in [-0.05, 0) is 13.0 Å². The average Bonchev–Trinajstić information content (AvgIpc) is 2.31. The van der Waals surface area contributed by atoms with Gasteiger partial charge in [0.05, 0.1) is 12.6 Å². The second-order valence-electron chi connectivity index (χ2n) is 3.32. The number of esters is 1. The zero-order chi connectivity index (χ0) is 13.0. The van der Waals surface area contributed by atoms with Crippen molar-refractivity contribution in [3.63, 3.8) is 0 Å². The van der Waals surface area contributed by atoms with Crippen molar-refractivity contribution in [1.29, 1.82) is 0 Å². The minimum Gasteiger partial charge on any atom is -0.464 e. The number of alkyl halides is 1. The Bertz CT molecular complexity index is 417. The highest BCUT2D eigenvalue weighted by atomic mass is 35.5. The van der Waals surface area contributed by atoms with Gasteiger partial charge in [-0.15, -0.1) is 12.4 Å². The molecule has 0 saturated carbocycles. The van der Waals surface area contributed by atoms with E-state index in [0.717, 1.165) is 12.1 Å². The van der Waals surface area contributed by atoms with Gasteiger partial charge in [-0.1, -0.05) is 12.1 Å². The Balaban J connectivity index is 0.00000289. The molecule has 0 amide bonds. The third-order valence-corrected chi connectivity index (χ3v) is 2.17. The smallest absolute Gasteiger partial charge is 0.342 e. The molecule has 0 aliphatic carbocycles. The number of carbonyl (C=O) groups excluding carboxylic acids is 1. The first-order chi connectivity index (χ1) is 7.99. The zero-order valence-corrected chi connectivity index (χ0v) is 10.3. The average molecular weight is 284 g/mol. The van der Waals surface area contributed by atoms with E-state index in [0.29, 0.717) is 0 Å². The predicted molar refractivity (Wildman–Crippen MR) is 62.1 cm³/mol. The molecule has 0 aliphatic heterocycles. The van der Waals surface area contributed by atoms with Gasteiger partial charge >= 0.3 is 5.97 Å². The Kier molecular flexibility index (Phi) is 6.72. The topological polar surface area (TPSA) is 52.3 Å². The quantitative estimate of drug-likeness (QED) is 0.863. The van der Waals surface area contributed by atoms with Gasteiger partial charge in [0.15, 0.2) is 11.6 Å². The Morgan fingerprint density at radius 1 is 1.44 bits per heavy atom. The Morgan fingerprint density at radius 2 is 2.06 bits per heavy atom. The van der Waals surface area contributed by atoms with E-state index in [1.165, 1.54) is 13.0 Å². The number of ether oxygens (including phenoxy) is 1. The number of hydrogen-bond acceptors (Lipinski definition) is 3. The monoisotopic (exact) mass is 283 g/mol. The molecular weight excluding hydrogens is 271 g/mol. The highest BCUT2D eigenvalue weighted by molar-refractivity contribution is 5.85. The van der Waals surface area contributed by atoms with Gasteiger partial charge < -0.3 is 10.5 Å². The van der Waals surface area contributed by atoms with Gasteiger partial charge in [0, 0.05) is 5.56 Å². The standard InChI is InChI=1S/C11H12F3NO2.ClH/c1-2-17-11(16)9(14)10(15)6-4-3-5-7(12)8(6)13;/h3-5,9-10H,2,15H2,1H3;1H/t9?,10-;/m0./s1. The van der Waals surface area contributed by atoms with Crippen LogP contribution in [0.3, 0.4) is 0 Å². The fraction of sp³-hybridized carbons (Fsp3) is 0.364. The van der Waals surface area contributed by atoms with E-state index >= 15 is 0 Å². The normalized spacial score (nSPS) is 13.4. The molecule has 0 aromatic heterocycles. The molecule has 1 aromatic carbocycles. The third kappa shape index (κ3) is 3.61. The van der Waals surface area contributed by atoms with Gasteiger partial charge in [0.2, 0.25) is 6.17 Å². The number of benzene rings is 1. The lowest BCUT2D eigenvalue weighted by Gasteiger charge is -2.16. The molecule has 2 N–H and O–H groups in total. The van der Waals surface area contributed by atoms with Crippen LogP contribution in [0, 0.1) is 11.6 Å². The minimum absolute atomic E-state index is 0. The molecule has 1 rings (SSSR count). The molecule has 0 radical (unpaired) electrons. The van der Waals surface area contributed by atoms with E-state index in [1.807, 2.05) is 0 Å². The van der Waals surface area contributed by atoms with Gasteiger partial charge in [-0.25, -0.2) is 18.0 Å². The SMILES string of the molecule is CCOC(=O)C(F)[C@@H](N)c1cccc(F)c1F.Cl. The van der Waals surface area contributed by atoms with E-state index < -0.39 is 35.4 Å². The Hall–Kier alpha value is -1.27. The minimum atomic E-state index is -2.23. The van der Waals surface area contributed by atoms with Crippen LogP contribution in [0.1, 0.15) is 18.5 Å². The van der Waals surface area contributed by atoms with Gasteiger partial charge in [-0.2, -0.15) is 0 Å². The summed E-state index contributed by atoms with van der Waals surface area (Å²) in [5, 5.41) is 0.